The lowest BCUT2D eigenvalue weighted by atomic mass is 9.98. The maximum absolute atomic E-state index is 11.2. The van der Waals surface area contributed by atoms with E-state index in [4.69, 9.17) is 10.8 Å². The van der Waals surface area contributed by atoms with Crippen molar-refractivity contribution in [1.29, 1.82) is 0 Å². The van der Waals surface area contributed by atoms with Crippen LogP contribution in [-0.4, -0.2) is 40.9 Å². The molecule has 0 aliphatic carbocycles. The Kier molecular flexibility index (Phi) is 3.06. The molecule has 6 heteroatoms. The molecule has 0 bridgehead atoms. The molecule has 1 atom stereocenters. The largest absolute Gasteiger partial charge is 0.481 e. The van der Waals surface area contributed by atoms with E-state index in [-0.39, 0.29) is 25.4 Å². The molecule has 14 heavy (non-hydrogen) atoms. The van der Waals surface area contributed by atoms with Crippen LogP contribution in [0.1, 0.15) is 12.8 Å². The number of carbonyl (C=O) groups excluding carboxylic acids is 2. The Hall–Kier alpha value is -1.59. The highest BCUT2D eigenvalue weighted by Crippen LogP contribution is 2.17. The lowest BCUT2D eigenvalue weighted by Crippen LogP contribution is -2.46. The molecule has 1 aliphatic rings. The molecule has 2 amide bonds. The maximum Gasteiger partial charge on any atom is 0.308 e. The summed E-state index contributed by atoms with van der Waals surface area (Å²) in [5.41, 5.74) is 4.93. The van der Waals surface area contributed by atoms with Gasteiger partial charge in [-0.3, -0.25) is 14.4 Å². The molecular formula is C8H12N2O4. The molecule has 1 fully saturated rings. The summed E-state index contributed by atoms with van der Waals surface area (Å²) in [5, 5.41) is 8.72. The third-order valence-corrected chi connectivity index (χ3v) is 2.20. The van der Waals surface area contributed by atoms with Crippen LogP contribution < -0.4 is 5.73 Å². The Balaban J connectivity index is 2.59. The van der Waals surface area contributed by atoms with Gasteiger partial charge in [0.15, 0.2) is 0 Å². The standard InChI is InChI=1S/C8H12N2O4/c9-6(11)4-10-3-5(8(13)14)1-2-7(10)12/h5H,1-4H2,(H2,9,11)(H,13,14). The number of amides is 2. The number of rotatable bonds is 3. The van der Waals surface area contributed by atoms with Crippen molar-refractivity contribution in [3.05, 3.63) is 0 Å². The van der Waals surface area contributed by atoms with Crippen molar-refractivity contribution in [3.63, 3.8) is 0 Å². The van der Waals surface area contributed by atoms with E-state index in [1.165, 1.54) is 4.90 Å². The highest BCUT2D eigenvalue weighted by atomic mass is 16.4. The number of hydrogen-bond donors (Lipinski definition) is 2. The highest BCUT2D eigenvalue weighted by Gasteiger charge is 2.30. The van der Waals surface area contributed by atoms with E-state index in [1.807, 2.05) is 0 Å². The van der Waals surface area contributed by atoms with Crippen molar-refractivity contribution < 1.29 is 19.5 Å². The van der Waals surface area contributed by atoms with Crippen molar-refractivity contribution in [2.45, 2.75) is 12.8 Å². The Labute approximate surface area is 80.7 Å². The number of carboxylic acid groups (broad SMARTS) is 1. The van der Waals surface area contributed by atoms with Crippen molar-refractivity contribution in [2.24, 2.45) is 11.7 Å². The Morgan fingerprint density at radius 3 is 2.71 bits per heavy atom. The first kappa shape index (κ1) is 10.5. The minimum Gasteiger partial charge on any atom is -0.481 e. The van der Waals surface area contributed by atoms with Crippen molar-refractivity contribution in [1.82, 2.24) is 4.90 Å². The molecule has 0 radical (unpaired) electrons. The van der Waals surface area contributed by atoms with Gasteiger partial charge in [-0.2, -0.15) is 0 Å². The smallest absolute Gasteiger partial charge is 0.308 e. The fourth-order valence-corrected chi connectivity index (χ4v) is 1.46. The molecular weight excluding hydrogens is 188 g/mol. The average Bonchev–Trinajstić information content (AvgIpc) is 2.07. The molecule has 0 aromatic rings. The summed E-state index contributed by atoms with van der Waals surface area (Å²) in [7, 11) is 0. The van der Waals surface area contributed by atoms with Crippen LogP contribution >= 0.6 is 0 Å². The van der Waals surface area contributed by atoms with E-state index in [0.717, 1.165) is 0 Å². The van der Waals surface area contributed by atoms with E-state index in [9.17, 15) is 14.4 Å². The first-order valence-electron chi connectivity index (χ1n) is 4.29. The second-order valence-electron chi connectivity index (χ2n) is 3.31. The molecule has 1 saturated heterocycles. The number of primary amides is 1. The van der Waals surface area contributed by atoms with Gasteiger partial charge in [0.1, 0.15) is 0 Å². The molecule has 3 N–H and O–H groups in total. The van der Waals surface area contributed by atoms with E-state index in [1.54, 1.807) is 0 Å². The highest BCUT2D eigenvalue weighted by molar-refractivity contribution is 5.85. The first-order valence-corrected chi connectivity index (χ1v) is 4.29. The van der Waals surface area contributed by atoms with Gasteiger partial charge in [0, 0.05) is 13.0 Å². The Bertz CT molecular complexity index is 277. The number of nitrogens with zero attached hydrogens (tertiary/aromatic N) is 1. The van der Waals surface area contributed by atoms with Gasteiger partial charge in [-0.15, -0.1) is 0 Å². The topological polar surface area (TPSA) is 101 Å². The van der Waals surface area contributed by atoms with Gasteiger partial charge >= 0.3 is 5.97 Å². The van der Waals surface area contributed by atoms with E-state index in [2.05, 4.69) is 0 Å². The number of aliphatic carboxylic acids is 1. The quantitative estimate of drug-likeness (QED) is 0.597. The van der Waals surface area contributed by atoms with Crippen LogP contribution in [-0.2, 0) is 14.4 Å². The van der Waals surface area contributed by atoms with Gasteiger partial charge in [-0.05, 0) is 6.42 Å². The van der Waals surface area contributed by atoms with Crippen LogP contribution in [0.25, 0.3) is 0 Å². The monoisotopic (exact) mass is 200 g/mol. The summed E-state index contributed by atoms with van der Waals surface area (Å²) in [5.74, 6) is -2.34. The molecule has 1 aliphatic heterocycles. The Morgan fingerprint density at radius 1 is 1.57 bits per heavy atom. The van der Waals surface area contributed by atoms with Gasteiger partial charge in [-0.1, -0.05) is 0 Å². The summed E-state index contributed by atoms with van der Waals surface area (Å²) in [4.78, 5) is 33.6. The third-order valence-electron chi connectivity index (χ3n) is 2.20. The van der Waals surface area contributed by atoms with Crippen LogP contribution in [0.15, 0.2) is 0 Å². The number of piperidine rings is 1. The molecule has 0 aromatic heterocycles. The van der Waals surface area contributed by atoms with E-state index >= 15 is 0 Å². The van der Waals surface area contributed by atoms with Crippen LogP contribution in [0.2, 0.25) is 0 Å². The normalized spacial score (nSPS) is 22.1. The van der Waals surface area contributed by atoms with Crippen LogP contribution in [0.4, 0.5) is 0 Å². The molecule has 6 nitrogen and oxygen atoms in total. The zero-order chi connectivity index (χ0) is 10.7. The molecule has 0 saturated carbocycles. The molecule has 78 valence electrons. The third kappa shape index (κ3) is 2.45. The molecule has 1 heterocycles. The number of carbonyl (C=O) groups is 3. The molecule has 1 rings (SSSR count). The summed E-state index contributed by atoms with van der Waals surface area (Å²) in [6, 6.07) is 0. The van der Waals surface area contributed by atoms with Crippen LogP contribution in [0, 0.1) is 5.92 Å². The number of hydrogen-bond acceptors (Lipinski definition) is 3. The summed E-state index contributed by atoms with van der Waals surface area (Å²) >= 11 is 0. The maximum atomic E-state index is 11.2. The summed E-state index contributed by atoms with van der Waals surface area (Å²) < 4.78 is 0. The van der Waals surface area contributed by atoms with Gasteiger partial charge in [0.05, 0.1) is 12.5 Å². The lowest BCUT2D eigenvalue weighted by molar-refractivity contribution is -0.148. The number of nitrogens with two attached hydrogens (primary N) is 1. The average molecular weight is 200 g/mol. The second-order valence-corrected chi connectivity index (χ2v) is 3.31. The lowest BCUT2D eigenvalue weighted by Gasteiger charge is -2.29. The Morgan fingerprint density at radius 2 is 2.21 bits per heavy atom. The molecule has 0 aromatic carbocycles. The zero-order valence-corrected chi connectivity index (χ0v) is 7.60. The van der Waals surface area contributed by atoms with Gasteiger partial charge in [0.2, 0.25) is 11.8 Å². The van der Waals surface area contributed by atoms with Crippen molar-refractivity contribution >= 4 is 17.8 Å². The SMILES string of the molecule is NC(=O)CN1CC(C(=O)O)CCC1=O. The minimum atomic E-state index is -0.938. The van der Waals surface area contributed by atoms with E-state index in [0.29, 0.717) is 6.42 Å². The predicted octanol–water partition coefficient (Wildman–Crippen LogP) is -1.21. The minimum absolute atomic E-state index is 0.0805. The molecule has 0 spiro atoms. The molecule has 1 unspecified atom stereocenters. The number of carboxylic acids is 1. The summed E-state index contributed by atoms with van der Waals surface area (Å²) in [6.45, 7) is -0.111. The predicted molar refractivity (Wildman–Crippen MR) is 46.1 cm³/mol. The van der Waals surface area contributed by atoms with Crippen molar-refractivity contribution in [3.8, 4) is 0 Å². The first-order chi connectivity index (χ1) is 6.50. The van der Waals surface area contributed by atoms with Gasteiger partial charge in [-0.25, -0.2) is 0 Å². The van der Waals surface area contributed by atoms with Crippen LogP contribution in [0.5, 0.6) is 0 Å². The van der Waals surface area contributed by atoms with Gasteiger partial charge in [0.25, 0.3) is 0 Å². The van der Waals surface area contributed by atoms with Gasteiger partial charge < -0.3 is 15.7 Å². The van der Waals surface area contributed by atoms with Crippen molar-refractivity contribution in [2.75, 3.05) is 13.1 Å². The summed E-state index contributed by atoms with van der Waals surface area (Å²) in [6.07, 6.45) is 0.508. The fourth-order valence-electron chi connectivity index (χ4n) is 1.46. The fraction of sp³-hybridized carbons (Fsp3) is 0.625. The van der Waals surface area contributed by atoms with E-state index < -0.39 is 17.8 Å². The zero-order valence-electron chi connectivity index (χ0n) is 7.60. The second kappa shape index (κ2) is 4.08. The number of likely N-dealkylation sites (tertiary alicyclic amines) is 1. The van der Waals surface area contributed by atoms with Crippen LogP contribution in [0.3, 0.4) is 0 Å².